The Hall–Kier alpha value is -3.77. The highest BCUT2D eigenvalue weighted by Gasteiger charge is 2.32. The van der Waals surface area contributed by atoms with Crippen molar-refractivity contribution in [3.8, 4) is 5.75 Å². The normalized spacial score (nSPS) is 16.1. The van der Waals surface area contributed by atoms with Crippen molar-refractivity contribution in [1.82, 2.24) is 9.47 Å². The summed E-state index contributed by atoms with van der Waals surface area (Å²) in [5.41, 5.74) is 5.41. The molecule has 0 spiro atoms. The number of carbonyl (C=O) groups is 1. The molecule has 1 fully saturated rings. The molecule has 6 heteroatoms. The Bertz CT molecular complexity index is 1440. The van der Waals surface area contributed by atoms with Gasteiger partial charge >= 0.3 is 0 Å². The zero-order chi connectivity index (χ0) is 24.4. The summed E-state index contributed by atoms with van der Waals surface area (Å²) < 4.78 is 7.56. The second kappa shape index (κ2) is 9.84. The van der Waals surface area contributed by atoms with E-state index >= 15 is 0 Å². The molecule has 1 aliphatic heterocycles. The first-order chi connectivity index (χ1) is 17.1. The smallest absolute Gasteiger partial charge is 0.266 e. The summed E-state index contributed by atoms with van der Waals surface area (Å²) >= 11 is 1.43. The molecule has 176 valence electrons. The van der Waals surface area contributed by atoms with Crippen LogP contribution in [0.15, 0.2) is 88.8 Å². The number of fused-ring (bicyclic) bond motifs is 1. The average molecular weight is 482 g/mol. The number of ether oxygens (including phenoxy) is 1. The standard InChI is InChI=1S/C29H27N3O2S/c1-4-31-28(33)27(35-29(31)30-22-14-16-23(34-3)17-15-22)18-25-20(2)32(19-21-10-6-5-7-11-21)26-13-9-8-12-24(25)26/h5-18H,4,19H2,1-3H3/b27-18+,30-29?. The van der Waals surface area contributed by atoms with Crippen LogP contribution in [0.4, 0.5) is 5.69 Å². The zero-order valence-electron chi connectivity index (χ0n) is 20.1. The maximum atomic E-state index is 13.3. The lowest BCUT2D eigenvalue weighted by Gasteiger charge is -2.12. The first kappa shape index (κ1) is 23.0. The zero-order valence-corrected chi connectivity index (χ0v) is 20.9. The predicted octanol–water partition coefficient (Wildman–Crippen LogP) is 6.63. The highest BCUT2D eigenvalue weighted by Crippen LogP contribution is 2.37. The third-order valence-electron chi connectivity index (χ3n) is 6.24. The third-order valence-corrected chi connectivity index (χ3v) is 7.25. The van der Waals surface area contributed by atoms with Crippen LogP contribution in [0, 0.1) is 6.92 Å². The Morgan fingerprint density at radius 3 is 2.40 bits per heavy atom. The molecule has 0 saturated carbocycles. The number of thioether (sulfide) groups is 1. The van der Waals surface area contributed by atoms with E-state index in [0.29, 0.717) is 16.6 Å². The maximum absolute atomic E-state index is 13.3. The van der Waals surface area contributed by atoms with E-state index in [2.05, 4.69) is 60.0 Å². The Morgan fingerprint density at radius 1 is 0.971 bits per heavy atom. The molecule has 1 saturated heterocycles. The largest absolute Gasteiger partial charge is 0.497 e. The van der Waals surface area contributed by atoms with Crippen LogP contribution in [-0.2, 0) is 11.3 Å². The molecule has 1 amide bonds. The van der Waals surface area contributed by atoms with Crippen LogP contribution in [0.1, 0.15) is 23.7 Å². The van der Waals surface area contributed by atoms with Crippen molar-refractivity contribution in [3.63, 3.8) is 0 Å². The van der Waals surface area contributed by atoms with Gasteiger partial charge in [-0.05, 0) is 67.6 Å². The van der Waals surface area contributed by atoms with Gasteiger partial charge in [-0.2, -0.15) is 0 Å². The monoisotopic (exact) mass is 481 g/mol. The molecule has 0 unspecified atom stereocenters. The molecule has 2 heterocycles. The molecule has 0 N–H and O–H groups in total. The first-order valence-corrected chi connectivity index (χ1v) is 12.5. The van der Waals surface area contributed by atoms with Gasteiger partial charge in [-0.25, -0.2) is 4.99 Å². The van der Waals surface area contributed by atoms with E-state index in [-0.39, 0.29) is 5.91 Å². The number of benzene rings is 3. The highest BCUT2D eigenvalue weighted by molar-refractivity contribution is 8.18. The summed E-state index contributed by atoms with van der Waals surface area (Å²) in [7, 11) is 1.64. The van der Waals surface area contributed by atoms with E-state index in [9.17, 15) is 4.79 Å². The summed E-state index contributed by atoms with van der Waals surface area (Å²) in [4.78, 5) is 20.5. The van der Waals surface area contributed by atoms with Crippen LogP contribution in [0.3, 0.4) is 0 Å². The Morgan fingerprint density at radius 2 is 1.69 bits per heavy atom. The topological polar surface area (TPSA) is 46.8 Å². The summed E-state index contributed by atoms with van der Waals surface area (Å²) in [5, 5.41) is 1.84. The van der Waals surface area contributed by atoms with Gasteiger partial charge < -0.3 is 9.30 Å². The molecular formula is C29H27N3O2S. The fourth-order valence-corrected chi connectivity index (χ4v) is 5.42. The van der Waals surface area contributed by atoms with Gasteiger partial charge in [0, 0.05) is 35.2 Å². The molecule has 3 aromatic carbocycles. The van der Waals surface area contributed by atoms with Crippen molar-refractivity contribution < 1.29 is 9.53 Å². The number of nitrogens with zero attached hydrogens (tertiary/aromatic N) is 3. The van der Waals surface area contributed by atoms with Crippen molar-refractivity contribution >= 4 is 45.5 Å². The van der Waals surface area contributed by atoms with Crippen LogP contribution in [0.5, 0.6) is 5.75 Å². The molecule has 5 rings (SSSR count). The SMILES string of the molecule is CCN1C(=O)/C(=C\c2c(C)n(Cc3ccccc3)c3ccccc23)SC1=Nc1ccc(OC)cc1. The summed E-state index contributed by atoms with van der Waals surface area (Å²) in [6, 6.07) is 26.4. The van der Waals surface area contributed by atoms with Gasteiger partial charge in [0.25, 0.3) is 5.91 Å². The molecule has 0 aliphatic carbocycles. The summed E-state index contributed by atoms with van der Waals surface area (Å²) in [5.74, 6) is 0.767. The van der Waals surface area contributed by atoms with E-state index in [1.807, 2.05) is 43.3 Å². The number of carbonyl (C=O) groups excluding carboxylic acids is 1. The quantitative estimate of drug-likeness (QED) is 0.290. The number of methoxy groups -OCH3 is 1. The molecule has 0 atom stereocenters. The number of rotatable bonds is 6. The van der Waals surface area contributed by atoms with E-state index in [1.165, 1.54) is 17.3 Å². The molecule has 1 aromatic heterocycles. The van der Waals surface area contributed by atoms with Gasteiger partial charge in [0.15, 0.2) is 5.17 Å². The van der Waals surface area contributed by atoms with Gasteiger partial charge in [0.05, 0.1) is 17.7 Å². The van der Waals surface area contributed by atoms with Crippen LogP contribution >= 0.6 is 11.8 Å². The minimum absolute atomic E-state index is 0.0101. The van der Waals surface area contributed by atoms with Gasteiger partial charge in [0.1, 0.15) is 5.75 Å². The Kier molecular flexibility index (Phi) is 6.47. The van der Waals surface area contributed by atoms with Gasteiger partial charge in [-0.1, -0.05) is 48.5 Å². The van der Waals surface area contributed by atoms with E-state index in [1.54, 1.807) is 12.0 Å². The predicted molar refractivity (Wildman–Crippen MR) is 145 cm³/mol. The first-order valence-electron chi connectivity index (χ1n) is 11.6. The van der Waals surface area contributed by atoms with E-state index < -0.39 is 0 Å². The fourth-order valence-electron chi connectivity index (χ4n) is 4.38. The van der Waals surface area contributed by atoms with Crippen molar-refractivity contribution in [2.24, 2.45) is 4.99 Å². The molecule has 0 bridgehead atoms. The van der Waals surface area contributed by atoms with Crippen molar-refractivity contribution in [2.45, 2.75) is 20.4 Å². The van der Waals surface area contributed by atoms with Gasteiger partial charge in [-0.3, -0.25) is 9.69 Å². The molecule has 0 radical (unpaired) electrons. The Labute approximate surface area is 209 Å². The van der Waals surface area contributed by atoms with Crippen LogP contribution in [0.2, 0.25) is 0 Å². The van der Waals surface area contributed by atoms with Gasteiger partial charge in [-0.15, -0.1) is 0 Å². The molecule has 35 heavy (non-hydrogen) atoms. The third kappa shape index (κ3) is 4.49. The number of aliphatic imine (C=N–C) groups is 1. The van der Waals surface area contributed by atoms with E-state index in [0.717, 1.165) is 40.1 Å². The lowest BCUT2D eigenvalue weighted by molar-refractivity contribution is -0.122. The number of likely N-dealkylation sites (N-methyl/N-ethyl adjacent to an activating group) is 1. The number of aromatic nitrogens is 1. The summed E-state index contributed by atoms with van der Waals surface area (Å²) in [6.07, 6.45) is 2.03. The van der Waals surface area contributed by atoms with E-state index in [4.69, 9.17) is 9.73 Å². The average Bonchev–Trinajstić information content (AvgIpc) is 3.33. The maximum Gasteiger partial charge on any atom is 0.266 e. The van der Waals surface area contributed by atoms with Gasteiger partial charge in [0.2, 0.25) is 0 Å². The minimum Gasteiger partial charge on any atom is -0.497 e. The van der Waals surface area contributed by atoms with Crippen LogP contribution in [-0.4, -0.2) is 34.2 Å². The number of hydrogen-bond donors (Lipinski definition) is 0. The lowest BCUT2D eigenvalue weighted by Crippen LogP contribution is -2.28. The second-order valence-corrected chi connectivity index (χ2v) is 9.35. The molecular weight excluding hydrogens is 454 g/mol. The second-order valence-electron chi connectivity index (χ2n) is 8.34. The van der Waals surface area contributed by atoms with Crippen LogP contribution in [0.25, 0.3) is 17.0 Å². The fraction of sp³-hybridized carbons (Fsp3) is 0.172. The molecule has 4 aromatic rings. The molecule has 1 aliphatic rings. The van der Waals surface area contributed by atoms with Crippen molar-refractivity contribution in [3.05, 3.63) is 101 Å². The van der Waals surface area contributed by atoms with Crippen molar-refractivity contribution in [2.75, 3.05) is 13.7 Å². The van der Waals surface area contributed by atoms with Crippen molar-refractivity contribution in [1.29, 1.82) is 0 Å². The Balaban J connectivity index is 1.54. The summed E-state index contributed by atoms with van der Waals surface area (Å²) in [6.45, 7) is 5.45. The number of para-hydroxylation sites is 1. The molecule has 5 nitrogen and oxygen atoms in total. The van der Waals surface area contributed by atoms with Crippen LogP contribution < -0.4 is 4.74 Å². The highest BCUT2D eigenvalue weighted by atomic mass is 32.2. The number of hydrogen-bond acceptors (Lipinski definition) is 4. The lowest BCUT2D eigenvalue weighted by atomic mass is 10.1. The number of amidine groups is 1. The number of amides is 1. The minimum atomic E-state index is -0.0101.